The summed E-state index contributed by atoms with van der Waals surface area (Å²) in [5.41, 5.74) is 0. The Morgan fingerprint density at radius 3 is 3.08 bits per heavy atom. The van der Waals surface area contributed by atoms with Gasteiger partial charge in [0.25, 0.3) is 0 Å². The van der Waals surface area contributed by atoms with Crippen molar-refractivity contribution in [2.24, 2.45) is 0 Å². The summed E-state index contributed by atoms with van der Waals surface area (Å²) in [7, 11) is 0. The highest BCUT2D eigenvalue weighted by Crippen LogP contribution is 2.05. The van der Waals surface area contributed by atoms with Gasteiger partial charge in [0.2, 0.25) is 5.88 Å². The molecule has 5 heteroatoms. The maximum atomic E-state index is 11.1. The van der Waals surface area contributed by atoms with Gasteiger partial charge in [-0.25, -0.2) is 4.79 Å². The van der Waals surface area contributed by atoms with E-state index in [9.17, 15) is 4.79 Å². The van der Waals surface area contributed by atoms with E-state index < -0.39 is 6.03 Å². The first-order chi connectivity index (χ1) is 6.22. The second kappa shape index (κ2) is 4.51. The van der Waals surface area contributed by atoms with Crippen LogP contribution in [0, 0.1) is 0 Å². The molecule has 5 nitrogen and oxygen atoms in total. The minimum Gasteiger partial charge on any atom is -0.449 e. The Balaban J connectivity index is 2.34. The molecule has 1 atom stereocenters. The van der Waals surface area contributed by atoms with Crippen molar-refractivity contribution in [1.29, 1.82) is 0 Å². The molecule has 2 amide bonds. The molecule has 0 aliphatic carbocycles. The fourth-order valence-corrected chi connectivity index (χ4v) is 0.767. The summed E-state index contributed by atoms with van der Waals surface area (Å²) in [6.45, 7) is 1.60. The van der Waals surface area contributed by atoms with Crippen LogP contribution in [-0.2, 0) is 0 Å². The Kier molecular flexibility index (Phi) is 3.33. The summed E-state index contributed by atoms with van der Waals surface area (Å²) in [6, 6.07) is 2.64. The number of nitrogens with one attached hydrogen (secondary N) is 2. The van der Waals surface area contributed by atoms with Crippen molar-refractivity contribution in [2.45, 2.75) is 13.0 Å². The first kappa shape index (κ1) is 9.60. The average Bonchev–Trinajstić information content (AvgIpc) is 2.56. The van der Waals surface area contributed by atoms with Crippen LogP contribution in [0.2, 0.25) is 0 Å². The fourth-order valence-electron chi connectivity index (χ4n) is 0.767. The van der Waals surface area contributed by atoms with Gasteiger partial charge in [0.15, 0.2) is 0 Å². The molecule has 0 saturated heterocycles. The van der Waals surface area contributed by atoms with Crippen molar-refractivity contribution in [1.82, 2.24) is 5.32 Å². The molecule has 1 heterocycles. The molecule has 1 rings (SSSR count). The second-order valence-electron chi connectivity index (χ2n) is 2.66. The van der Waals surface area contributed by atoms with E-state index in [2.05, 4.69) is 10.6 Å². The van der Waals surface area contributed by atoms with E-state index in [-0.39, 0.29) is 12.6 Å². The summed E-state index contributed by atoms with van der Waals surface area (Å²) in [5.74, 6) is 0.377. The van der Waals surface area contributed by atoms with Gasteiger partial charge >= 0.3 is 6.03 Å². The second-order valence-corrected chi connectivity index (χ2v) is 2.66. The van der Waals surface area contributed by atoms with Crippen LogP contribution >= 0.6 is 0 Å². The van der Waals surface area contributed by atoms with Gasteiger partial charge in [-0.15, -0.1) is 0 Å². The Hall–Kier alpha value is -1.49. The molecule has 0 fully saturated rings. The quantitative estimate of drug-likeness (QED) is 0.649. The normalized spacial score (nSPS) is 12.2. The van der Waals surface area contributed by atoms with Crippen LogP contribution in [0.3, 0.4) is 0 Å². The number of rotatable bonds is 3. The number of furan rings is 1. The lowest BCUT2D eigenvalue weighted by Gasteiger charge is -2.10. The monoisotopic (exact) mass is 184 g/mol. The predicted octanol–water partition coefficient (Wildman–Crippen LogP) is 0.782. The maximum Gasteiger partial charge on any atom is 0.321 e. The van der Waals surface area contributed by atoms with Gasteiger partial charge < -0.3 is 14.8 Å². The van der Waals surface area contributed by atoms with Crippen molar-refractivity contribution in [3.8, 4) is 0 Å². The number of hydrogen-bond acceptors (Lipinski definition) is 3. The Bertz CT molecular complexity index is 258. The molecule has 13 heavy (non-hydrogen) atoms. The number of carbonyl (C=O) groups is 1. The number of carbonyl (C=O) groups excluding carboxylic acids is 1. The number of amides is 2. The molecule has 0 aliphatic heterocycles. The lowest BCUT2D eigenvalue weighted by Crippen LogP contribution is -2.38. The molecule has 0 unspecified atom stereocenters. The molecule has 0 bridgehead atoms. The first-order valence-corrected chi connectivity index (χ1v) is 3.94. The summed E-state index contributed by atoms with van der Waals surface area (Å²) in [6.07, 6.45) is 1.46. The lowest BCUT2D eigenvalue weighted by molar-refractivity contribution is 0.229. The number of hydrogen-bond donors (Lipinski definition) is 3. The average molecular weight is 184 g/mol. The highest BCUT2D eigenvalue weighted by Gasteiger charge is 2.06. The van der Waals surface area contributed by atoms with E-state index in [0.717, 1.165) is 0 Å². The van der Waals surface area contributed by atoms with Crippen LogP contribution in [0.5, 0.6) is 0 Å². The van der Waals surface area contributed by atoms with E-state index >= 15 is 0 Å². The summed E-state index contributed by atoms with van der Waals surface area (Å²) >= 11 is 0. The minimum atomic E-state index is -0.392. The van der Waals surface area contributed by atoms with Gasteiger partial charge in [-0.2, -0.15) is 0 Å². The Labute approximate surface area is 75.7 Å². The molecule has 0 aliphatic rings. The zero-order valence-corrected chi connectivity index (χ0v) is 7.28. The standard InChI is InChI=1S/C8H12N2O3/c1-6(5-11)9-8(12)10-7-3-2-4-13-7/h2-4,6,11H,5H2,1H3,(H2,9,10,12)/t6-/m0/s1. The highest BCUT2D eigenvalue weighted by atomic mass is 16.3. The van der Waals surface area contributed by atoms with E-state index in [0.29, 0.717) is 5.88 Å². The van der Waals surface area contributed by atoms with Crippen LogP contribution in [0.1, 0.15) is 6.92 Å². The molecular formula is C8H12N2O3. The van der Waals surface area contributed by atoms with Gasteiger partial charge in [-0.05, 0) is 13.0 Å². The third-order valence-electron chi connectivity index (χ3n) is 1.41. The Morgan fingerprint density at radius 2 is 2.54 bits per heavy atom. The maximum absolute atomic E-state index is 11.1. The third-order valence-corrected chi connectivity index (χ3v) is 1.41. The van der Waals surface area contributed by atoms with Crippen molar-refractivity contribution in [3.05, 3.63) is 18.4 Å². The van der Waals surface area contributed by atoms with Gasteiger partial charge in [-0.3, -0.25) is 5.32 Å². The van der Waals surface area contributed by atoms with E-state index in [4.69, 9.17) is 9.52 Å². The molecule has 0 saturated carbocycles. The summed E-state index contributed by atoms with van der Waals surface area (Å²) < 4.78 is 4.88. The number of aliphatic hydroxyl groups excluding tert-OH is 1. The number of urea groups is 1. The SMILES string of the molecule is C[C@@H](CO)NC(=O)Nc1ccco1. The smallest absolute Gasteiger partial charge is 0.321 e. The minimum absolute atomic E-state index is 0.0917. The number of anilines is 1. The van der Waals surface area contributed by atoms with Crippen LogP contribution in [-0.4, -0.2) is 23.8 Å². The van der Waals surface area contributed by atoms with Crippen LogP contribution in [0.25, 0.3) is 0 Å². The van der Waals surface area contributed by atoms with Gasteiger partial charge in [0.1, 0.15) is 0 Å². The van der Waals surface area contributed by atoms with E-state index in [1.165, 1.54) is 6.26 Å². The van der Waals surface area contributed by atoms with Crippen LogP contribution < -0.4 is 10.6 Å². The first-order valence-electron chi connectivity index (χ1n) is 3.94. The molecule has 1 aromatic rings. The predicted molar refractivity (Wildman–Crippen MR) is 47.4 cm³/mol. The summed E-state index contributed by atoms with van der Waals surface area (Å²) in [5, 5.41) is 13.6. The highest BCUT2D eigenvalue weighted by molar-refractivity contribution is 5.87. The zero-order chi connectivity index (χ0) is 9.68. The fraction of sp³-hybridized carbons (Fsp3) is 0.375. The molecule has 0 spiro atoms. The van der Waals surface area contributed by atoms with Crippen LogP contribution in [0.4, 0.5) is 10.7 Å². The topological polar surface area (TPSA) is 74.5 Å². The largest absolute Gasteiger partial charge is 0.449 e. The van der Waals surface area contributed by atoms with Gasteiger partial charge in [-0.1, -0.05) is 0 Å². The molecule has 0 radical (unpaired) electrons. The van der Waals surface area contributed by atoms with Crippen molar-refractivity contribution < 1.29 is 14.3 Å². The van der Waals surface area contributed by atoms with E-state index in [1.54, 1.807) is 19.1 Å². The van der Waals surface area contributed by atoms with E-state index in [1.807, 2.05) is 0 Å². The zero-order valence-electron chi connectivity index (χ0n) is 7.28. The Morgan fingerprint density at radius 1 is 1.77 bits per heavy atom. The molecular weight excluding hydrogens is 172 g/mol. The lowest BCUT2D eigenvalue weighted by atomic mass is 10.4. The molecule has 72 valence electrons. The van der Waals surface area contributed by atoms with Gasteiger partial charge in [0.05, 0.1) is 18.9 Å². The molecule has 1 aromatic heterocycles. The molecule has 0 aromatic carbocycles. The number of aliphatic hydroxyl groups is 1. The van der Waals surface area contributed by atoms with Crippen molar-refractivity contribution in [3.63, 3.8) is 0 Å². The third kappa shape index (κ3) is 3.16. The summed E-state index contributed by atoms with van der Waals surface area (Å²) in [4.78, 5) is 11.1. The van der Waals surface area contributed by atoms with Crippen molar-refractivity contribution >= 4 is 11.9 Å². The van der Waals surface area contributed by atoms with Crippen LogP contribution in [0.15, 0.2) is 22.8 Å². The van der Waals surface area contributed by atoms with Gasteiger partial charge in [0, 0.05) is 6.07 Å². The molecule has 3 N–H and O–H groups in total. The van der Waals surface area contributed by atoms with Crippen molar-refractivity contribution in [2.75, 3.05) is 11.9 Å².